The summed E-state index contributed by atoms with van der Waals surface area (Å²) in [5.41, 5.74) is 9.78. The van der Waals surface area contributed by atoms with Gasteiger partial charge in [-0.1, -0.05) is 23.8 Å². The van der Waals surface area contributed by atoms with Gasteiger partial charge >= 0.3 is 0 Å². The predicted molar refractivity (Wildman–Crippen MR) is 66.4 cm³/mol. The van der Waals surface area contributed by atoms with E-state index in [-0.39, 0.29) is 6.10 Å². The van der Waals surface area contributed by atoms with Crippen LogP contribution in [0.1, 0.15) is 35.6 Å². The van der Waals surface area contributed by atoms with E-state index in [1.165, 1.54) is 23.1 Å². The van der Waals surface area contributed by atoms with E-state index in [0.717, 1.165) is 19.6 Å². The SMILES string of the molecule is Cc1ccc(C2OCCCC2CN)c(C)c1. The van der Waals surface area contributed by atoms with Crippen molar-refractivity contribution in [1.82, 2.24) is 0 Å². The van der Waals surface area contributed by atoms with Crippen molar-refractivity contribution in [1.29, 1.82) is 0 Å². The molecule has 1 saturated heterocycles. The van der Waals surface area contributed by atoms with Gasteiger partial charge in [-0.15, -0.1) is 0 Å². The monoisotopic (exact) mass is 219 g/mol. The maximum Gasteiger partial charge on any atom is 0.0867 e. The first-order valence-corrected chi connectivity index (χ1v) is 6.11. The van der Waals surface area contributed by atoms with Gasteiger partial charge in [0.25, 0.3) is 0 Å². The molecular formula is C14H21NO. The lowest BCUT2D eigenvalue weighted by Crippen LogP contribution is -2.29. The highest BCUT2D eigenvalue weighted by atomic mass is 16.5. The second-order valence-corrected chi connectivity index (χ2v) is 4.79. The van der Waals surface area contributed by atoms with Gasteiger partial charge < -0.3 is 10.5 Å². The third-order valence-corrected chi connectivity index (χ3v) is 3.48. The van der Waals surface area contributed by atoms with Crippen LogP contribution in [0.5, 0.6) is 0 Å². The topological polar surface area (TPSA) is 35.2 Å². The van der Waals surface area contributed by atoms with Gasteiger partial charge in [0.1, 0.15) is 0 Å². The first kappa shape index (κ1) is 11.6. The molecule has 0 spiro atoms. The highest BCUT2D eigenvalue weighted by Gasteiger charge is 2.27. The number of hydrogen-bond acceptors (Lipinski definition) is 2. The van der Waals surface area contributed by atoms with Crippen molar-refractivity contribution in [2.45, 2.75) is 32.8 Å². The Bertz CT molecular complexity index is 362. The maximum absolute atomic E-state index is 5.91. The molecule has 1 fully saturated rings. The lowest BCUT2D eigenvalue weighted by atomic mass is 9.87. The molecule has 0 radical (unpaired) electrons. The molecule has 1 aliphatic heterocycles. The molecule has 2 heteroatoms. The number of rotatable bonds is 2. The van der Waals surface area contributed by atoms with Gasteiger partial charge in [-0.3, -0.25) is 0 Å². The first-order chi connectivity index (χ1) is 7.72. The Morgan fingerprint density at radius 3 is 2.88 bits per heavy atom. The maximum atomic E-state index is 5.91. The average Bonchev–Trinajstić information content (AvgIpc) is 2.29. The number of hydrogen-bond donors (Lipinski definition) is 1. The van der Waals surface area contributed by atoms with Crippen molar-refractivity contribution in [2.75, 3.05) is 13.2 Å². The summed E-state index contributed by atoms with van der Waals surface area (Å²) in [6.45, 7) is 5.87. The van der Waals surface area contributed by atoms with E-state index >= 15 is 0 Å². The molecule has 16 heavy (non-hydrogen) atoms. The average molecular weight is 219 g/mol. The Morgan fingerprint density at radius 2 is 2.19 bits per heavy atom. The summed E-state index contributed by atoms with van der Waals surface area (Å²) in [5, 5.41) is 0. The van der Waals surface area contributed by atoms with E-state index in [2.05, 4.69) is 32.0 Å². The Hall–Kier alpha value is -0.860. The van der Waals surface area contributed by atoms with Crippen LogP contribution in [0, 0.1) is 19.8 Å². The quantitative estimate of drug-likeness (QED) is 0.830. The van der Waals surface area contributed by atoms with Crippen molar-refractivity contribution in [3.05, 3.63) is 34.9 Å². The molecule has 0 amide bonds. The van der Waals surface area contributed by atoms with Crippen molar-refractivity contribution >= 4 is 0 Å². The lowest BCUT2D eigenvalue weighted by molar-refractivity contribution is -0.0255. The number of nitrogens with two attached hydrogens (primary N) is 1. The molecule has 2 unspecified atom stereocenters. The van der Waals surface area contributed by atoms with E-state index in [9.17, 15) is 0 Å². The second kappa shape index (κ2) is 4.98. The molecule has 0 saturated carbocycles. The lowest BCUT2D eigenvalue weighted by Gasteiger charge is -2.32. The van der Waals surface area contributed by atoms with E-state index < -0.39 is 0 Å². The zero-order valence-electron chi connectivity index (χ0n) is 10.2. The zero-order chi connectivity index (χ0) is 11.5. The molecule has 0 aromatic heterocycles. The van der Waals surface area contributed by atoms with Crippen LogP contribution in [0.15, 0.2) is 18.2 Å². The fraction of sp³-hybridized carbons (Fsp3) is 0.571. The van der Waals surface area contributed by atoms with Crippen molar-refractivity contribution < 1.29 is 4.74 Å². The minimum Gasteiger partial charge on any atom is -0.373 e. The zero-order valence-corrected chi connectivity index (χ0v) is 10.2. The number of aryl methyl sites for hydroxylation is 2. The molecule has 1 aliphatic rings. The van der Waals surface area contributed by atoms with Crippen LogP contribution in [-0.2, 0) is 4.74 Å². The Labute approximate surface area is 97.8 Å². The minimum absolute atomic E-state index is 0.208. The summed E-state index contributed by atoms with van der Waals surface area (Å²) in [6.07, 6.45) is 2.54. The van der Waals surface area contributed by atoms with Gasteiger partial charge in [-0.2, -0.15) is 0 Å². The van der Waals surface area contributed by atoms with E-state index in [1.807, 2.05) is 0 Å². The van der Waals surface area contributed by atoms with Crippen LogP contribution >= 0.6 is 0 Å². The fourth-order valence-corrected chi connectivity index (χ4v) is 2.57. The standard InChI is InChI=1S/C14H21NO/c1-10-5-6-13(11(2)8-10)14-12(9-15)4-3-7-16-14/h5-6,8,12,14H,3-4,7,9,15H2,1-2H3. The van der Waals surface area contributed by atoms with Crippen LogP contribution in [-0.4, -0.2) is 13.2 Å². The fourth-order valence-electron chi connectivity index (χ4n) is 2.57. The summed E-state index contributed by atoms with van der Waals surface area (Å²) >= 11 is 0. The van der Waals surface area contributed by atoms with Crippen LogP contribution in [0.25, 0.3) is 0 Å². The molecule has 2 N–H and O–H groups in total. The van der Waals surface area contributed by atoms with Crippen molar-refractivity contribution in [3.63, 3.8) is 0 Å². The molecule has 0 bridgehead atoms. The van der Waals surface area contributed by atoms with E-state index in [4.69, 9.17) is 10.5 Å². The smallest absolute Gasteiger partial charge is 0.0867 e. The van der Waals surface area contributed by atoms with Crippen LogP contribution in [0.3, 0.4) is 0 Å². The molecule has 88 valence electrons. The Kier molecular flexibility index (Phi) is 3.62. The van der Waals surface area contributed by atoms with Gasteiger partial charge in [-0.25, -0.2) is 0 Å². The van der Waals surface area contributed by atoms with E-state index in [1.54, 1.807) is 0 Å². The summed E-state index contributed by atoms with van der Waals surface area (Å²) < 4.78 is 5.91. The molecule has 2 rings (SSSR count). The van der Waals surface area contributed by atoms with Crippen molar-refractivity contribution in [3.8, 4) is 0 Å². The van der Waals surface area contributed by atoms with Crippen LogP contribution < -0.4 is 5.73 Å². The summed E-state index contributed by atoms with van der Waals surface area (Å²) in [5.74, 6) is 0.482. The Balaban J connectivity index is 2.27. The number of ether oxygens (including phenoxy) is 1. The predicted octanol–water partition coefficient (Wildman–Crippen LogP) is 2.73. The normalized spacial score (nSPS) is 25.7. The van der Waals surface area contributed by atoms with Crippen LogP contribution in [0.4, 0.5) is 0 Å². The van der Waals surface area contributed by atoms with Crippen LogP contribution in [0.2, 0.25) is 0 Å². The van der Waals surface area contributed by atoms with Gasteiger partial charge in [0.05, 0.1) is 6.10 Å². The Morgan fingerprint density at radius 1 is 1.38 bits per heavy atom. The van der Waals surface area contributed by atoms with Crippen molar-refractivity contribution in [2.24, 2.45) is 11.7 Å². The summed E-state index contributed by atoms with van der Waals surface area (Å²) in [7, 11) is 0. The third-order valence-electron chi connectivity index (χ3n) is 3.48. The molecule has 0 aliphatic carbocycles. The molecule has 1 aromatic rings. The van der Waals surface area contributed by atoms with Gasteiger partial charge in [0.15, 0.2) is 0 Å². The summed E-state index contributed by atoms with van der Waals surface area (Å²) in [4.78, 5) is 0. The molecule has 1 heterocycles. The highest BCUT2D eigenvalue weighted by molar-refractivity contribution is 5.32. The van der Waals surface area contributed by atoms with Gasteiger partial charge in [-0.05, 0) is 44.4 Å². The van der Waals surface area contributed by atoms with Gasteiger partial charge in [0.2, 0.25) is 0 Å². The first-order valence-electron chi connectivity index (χ1n) is 6.11. The largest absolute Gasteiger partial charge is 0.373 e. The van der Waals surface area contributed by atoms with Gasteiger partial charge in [0, 0.05) is 12.5 Å². The molecule has 2 atom stereocenters. The molecule has 1 aromatic carbocycles. The third kappa shape index (κ3) is 2.28. The summed E-state index contributed by atoms with van der Waals surface area (Å²) in [6, 6.07) is 6.58. The second-order valence-electron chi connectivity index (χ2n) is 4.79. The molecular weight excluding hydrogens is 198 g/mol. The molecule has 2 nitrogen and oxygen atoms in total. The number of benzene rings is 1. The minimum atomic E-state index is 0.208. The van der Waals surface area contributed by atoms with E-state index in [0.29, 0.717) is 5.92 Å². The highest BCUT2D eigenvalue weighted by Crippen LogP contribution is 2.34.